The van der Waals surface area contributed by atoms with Gasteiger partial charge in [0, 0.05) is 11.4 Å². The van der Waals surface area contributed by atoms with Crippen molar-refractivity contribution in [3.8, 4) is 0 Å². The van der Waals surface area contributed by atoms with Gasteiger partial charge in [-0.3, -0.25) is 4.79 Å². The molecule has 0 aromatic carbocycles. The van der Waals surface area contributed by atoms with E-state index in [1.807, 2.05) is 19.2 Å². The lowest BCUT2D eigenvalue weighted by atomic mass is 9.80. The highest BCUT2D eigenvalue weighted by Crippen LogP contribution is 2.35. The van der Waals surface area contributed by atoms with Crippen molar-refractivity contribution in [3.05, 3.63) is 11.1 Å². The molecule has 0 aliphatic heterocycles. The van der Waals surface area contributed by atoms with Crippen LogP contribution in [0.3, 0.4) is 0 Å². The lowest BCUT2D eigenvalue weighted by molar-refractivity contribution is -0.148. The lowest BCUT2D eigenvalue weighted by Gasteiger charge is -2.26. The summed E-state index contributed by atoms with van der Waals surface area (Å²) >= 11 is 1.55. The van der Waals surface area contributed by atoms with E-state index in [2.05, 4.69) is 24.1 Å². The highest BCUT2D eigenvalue weighted by atomic mass is 32.1. The first kappa shape index (κ1) is 16.0. The van der Waals surface area contributed by atoms with Gasteiger partial charge in [-0.1, -0.05) is 20.8 Å². The van der Waals surface area contributed by atoms with Crippen LogP contribution in [0, 0.1) is 0 Å². The van der Waals surface area contributed by atoms with Gasteiger partial charge >= 0.3 is 5.97 Å². The average molecular weight is 284 g/mol. The Labute approximate surface area is 119 Å². The number of anilines is 1. The molecule has 0 fully saturated rings. The molecule has 1 rings (SSSR count). The number of hydrogen-bond donors (Lipinski definition) is 1. The van der Waals surface area contributed by atoms with E-state index in [9.17, 15) is 4.79 Å². The topological polar surface area (TPSA) is 51.2 Å². The number of thiazole rings is 1. The molecule has 1 N–H and O–H groups in total. The van der Waals surface area contributed by atoms with Crippen LogP contribution in [0.15, 0.2) is 5.38 Å². The molecular weight excluding hydrogens is 260 g/mol. The summed E-state index contributed by atoms with van der Waals surface area (Å²) in [6, 6.07) is 0.384. The maximum Gasteiger partial charge on any atom is 0.317 e. The van der Waals surface area contributed by atoms with Crippen LogP contribution < -0.4 is 5.32 Å². The van der Waals surface area contributed by atoms with E-state index in [-0.39, 0.29) is 5.97 Å². The second-order valence-electron chi connectivity index (χ2n) is 4.77. The molecular formula is C14H24N2O2S. The van der Waals surface area contributed by atoms with E-state index >= 15 is 0 Å². The largest absolute Gasteiger partial charge is 0.468 e. The summed E-state index contributed by atoms with van der Waals surface area (Å²) in [4.78, 5) is 16.7. The van der Waals surface area contributed by atoms with E-state index in [4.69, 9.17) is 4.74 Å². The zero-order chi connectivity index (χ0) is 14.5. The van der Waals surface area contributed by atoms with Crippen LogP contribution in [0.5, 0.6) is 0 Å². The Bertz CT molecular complexity index is 413. The minimum atomic E-state index is -0.610. The number of aromatic nitrogens is 1. The molecule has 1 aromatic heterocycles. The van der Waals surface area contributed by atoms with Gasteiger partial charge in [0.1, 0.15) is 5.41 Å². The van der Waals surface area contributed by atoms with Crippen LogP contribution in [0.1, 0.15) is 52.7 Å². The van der Waals surface area contributed by atoms with Crippen LogP contribution in [0.4, 0.5) is 5.13 Å². The van der Waals surface area contributed by atoms with Crippen molar-refractivity contribution in [3.63, 3.8) is 0 Å². The Balaban J connectivity index is 3.02. The predicted octanol–water partition coefficient (Wildman–Crippen LogP) is 3.58. The van der Waals surface area contributed by atoms with Gasteiger partial charge in [-0.05, 0) is 26.2 Å². The molecule has 0 spiro atoms. The van der Waals surface area contributed by atoms with E-state index in [1.165, 1.54) is 7.11 Å². The van der Waals surface area contributed by atoms with Crippen molar-refractivity contribution in [1.82, 2.24) is 4.98 Å². The molecule has 0 radical (unpaired) electrons. The van der Waals surface area contributed by atoms with Crippen LogP contribution in [-0.4, -0.2) is 24.1 Å². The van der Waals surface area contributed by atoms with Crippen molar-refractivity contribution >= 4 is 22.4 Å². The van der Waals surface area contributed by atoms with Gasteiger partial charge in [-0.25, -0.2) is 4.98 Å². The monoisotopic (exact) mass is 284 g/mol. The van der Waals surface area contributed by atoms with Crippen LogP contribution in [0.2, 0.25) is 0 Å². The van der Waals surface area contributed by atoms with Crippen LogP contribution >= 0.6 is 11.3 Å². The smallest absolute Gasteiger partial charge is 0.317 e. The summed E-state index contributed by atoms with van der Waals surface area (Å²) in [5.41, 5.74) is 0.209. The third-order valence-electron chi connectivity index (χ3n) is 3.76. The van der Waals surface area contributed by atoms with Gasteiger partial charge in [0.2, 0.25) is 0 Å². The number of nitrogens with one attached hydrogen (secondary N) is 1. The molecule has 1 heterocycles. The first-order valence-corrected chi connectivity index (χ1v) is 7.72. The minimum Gasteiger partial charge on any atom is -0.468 e. The highest BCUT2D eigenvalue weighted by Gasteiger charge is 2.40. The zero-order valence-electron chi connectivity index (χ0n) is 12.4. The number of carbonyl (C=O) groups is 1. The van der Waals surface area contributed by atoms with Crippen molar-refractivity contribution in [2.24, 2.45) is 0 Å². The summed E-state index contributed by atoms with van der Waals surface area (Å²) in [6.07, 6.45) is 2.43. The van der Waals surface area contributed by atoms with Crippen LogP contribution in [-0.2, 0) is 14.9 Å². The number of carbonyl (C=O) groups excluding carboxylic acids is 1. The summed E-state index contributed by atoms with van der Waals surface area (Å²) in [7, 11) is 1.44. The Hall–Kier alpha value is -1.10. The third-order valence-corrected chi connectivity index (χ3v) is 4.53. The Morgan fingerprint density at radius 2 is 2.11 bits per heavy atom. The summed E-state index contributed by atoms with van der Waals surface area (Å²) in [6.45, 7) is 8.25. The number of nitrogens with zero attached hydrogens (tertiary/aromatic N) is 1. The quantitative estimate of drug-likeness (QED) is 0.777. The Morgan fingerprint density at radius 3 is 2.58 bits per heavy atom. The second kappa shape index (κ2) is 6.89. The number of rotatable bonds is 7. The van der Waals surface area contributed by atoms with Crippen molar-refractivity contribution < 1.29 is 9.53 Å². The van der Waals surface area contributed by atoms with Gasteiger partial charge < -0.3 is 10.1 Å². The van der Waals surface area contributed by atoms with Gasteiger partial charge in [0.15, 0.2) is 5.13 Å². The van der Waals surface area contributed by atoms with Gasteiger partial charge in [0.25, 0.3) is 0 Å². The summed E-state index contributed by atoms with van der Waals surface area (Å²) in [5.74, 6) is -0.196. The van der Waals surface area contributed by atoms with E-state index in [1.54, 1.807) is 11.3 Å². The standard InChI is InChI=1S/C14H24N2O2S/c1-6-10(4)15-13-16-11(9-19-13)14(7-2,8-3)12(17)18-5/h9-10H,6-8H2,1-5H3,(H,15,16). The van der Waals surface area contributed by atoms with Gasteiger partial charge in [-0.2, -0.15) is 0 Å². The van der Waals surface area contributed by atoms with Crippen LogP contribution in [0.25, 0.3) is 0 Å². The third kappa shape index (κ3) is 3.26. The van der Waals surface area contributed by atoms with Gasteiger partial charge in [0.05, 0.1) is 12.8 Å². The molecule has 1 aromatic rings. The Kier molecular flexibility index (Phi) is 5.79. The number of hydrogen-bond acceptors (Lipinski definition) is 5. The van der Waals surface area contributed by atoms with E-state index < -0.39 is 5.41 Å². The maximum atomic E-state index is 12.1. The molecule has 1 unspecified atom stereocenters. The van der Waals surface area contributed by atoms with E-state index in [0.29, 0.717) is 18.9 Å². The molecule has 0 saturated carbocycles. The molecule has 19 heavy (non-hydrogen) atoms. The van der Waals surface area contributed by atoms with Crippen molar-refractivity contribution in [2.45, 2.75) is 58.4 Å². The average Bonchev–Trinajstić information content (AvgIpc) is 2.89. The van der Waals surface area contributed by atoms with E-state index in [0.717, 1.165) is 17.2 Å². The second-order valence-corrected chi connectivity index (χ2v) is 5.63. The molecule has 0 aliphatic rings. The fourth-order valence-corrected chi connectivity index (χ4v) is 3.00. The summed E-state index contributed by atoms with van der Waals surface area (Å²) in [5, 5.41) is 6.19. The predicted molar refractivity (Wildman–Crippen MR) is 79.8 cm³/mol. The maximum absolute atomic E-state index is 12.1. The fourth-order valence-electron chi connectivity index (χ4n) is 2.07. The number of ether oxygens (including phenoxy) is 1. The molecule has 1 atom stereocenters. The number of methoxy groups -OCH3 is 1. The summed E-state index contributed by atoms with van der Waals surface area (Å²) < 4.78 is 4.97. The van der Waals surface area contributed by atoms with Crippen molar-refractivity contribution in [1.29, 1.82) is 0 Å². The Morgan fingerprint density at radius 1 is 1.47 bits per heavy atom. The normalized spacial score (nSPS) is 13.1. The molecule has 0 saturated heterocycles. The SMILES string of the molecule is CCC(C)Nc1nc(C(CC)(CC)C(=O)OC)cs1. The lowest BCUT2D eigenvalue weighted by Crippen LogP contribution is -2.36. The molecule has 5 heteroatoms. The molecule has 108 valence electrons. The fraction of sp³-hybridized carbons (Fsp3) is 0.714. The highest BCUT2D eigenvalue weighted by molar-refractivity contribution is 7.13. The minimum absolute atomic E-state index is 0.196. The number of esters is 1. The molecule has 0 aliphatic carbocycles. The zero-order valence-corrected chi connectivity index (χ0v) is 13.3. The van der Waals surface area contributed by atoms with Crippen molar-refractivity contribution in [2.75, 3.05) is 12.4 Å². The first-order valence-electron chi connectivity index (χ1n) is 6.84. The van der Waals surface area contributed by atoms with Gasteiger partial charge in [-0.15, -0.1) is 11.3 Å². The molecule has 0 bridgehead atoms. The molecule has 0 amide bonds. The molecule has 4 nitrogen and oxygen atoms in total. The first-order chi connectivity index (χ1) is 9.03.